The Morgan fingerprint density at radius 3 is 2.30 bits per heavy atom. The van der Waals surface area contributed by atoms with Gasteiger partial charge in [0.15, 0.2) is 0 Å². The predicted octanol–water partition coefficient (Wildman–Crippen LogP) is 3.36. The van der Waals surface area contributed by atoms with E-state index in [1.165, 1.54) is 0 Å². The summed E-state index contributed by atoms with van der Waals surface area (Å²) < 4.78 is 35.7. The molecule has 0 unspecified atom stereocenters. The van der Waals surface area contributed by atoms with E-state index in [1.54, 1.807) is 25.3 Å². The Morgan fingerprint density at radius 2 is 1.65 bits per heavy atom. The third-order valence-electron chi connectivity index (χ3n) is 5.45. The van der Waals surface area contributed by atoms with Crippen molar-refractivity contribution in [2.45, 2.75) is 12.5 Å². The van der Waals surface area contributed by atoms with Crippen molar-refractivity contribution in [3.8, 4) is 16.9 Å². The van der Waals surface area contributed by atoms with Gasteiger partial charge >= 0.3 is 0 Å². The average Bonchev–Trinajstić information content (AvgIpc) is 2.86. The van der Waals surface area contributed by atoms with Gasteiger partial charge in [-0.25, -0.2) is 13.1 Å². The number of ether oxygens (including phenoxy) is 2. The van der Waals surface area contributed by atoms with Crippen molar-refractivity contribution in [3.05, 3.63) is 89.5 Å². The molecule has 0 spiro atoms. The summed E-state index contributed by atoms with van der Waals surface area (Å²) in [4.78, 5) is 12.4. The summed E-state index contributed by atoms with van der Waals surface area (Å²) in [5.41, 5.74) is 3.91. The second-order valence-corrected chi connectivity index (χ2v) is 10.1. The second kappa shape index (κ2) is 14.7. The van der Waals surface area contributed by atoms with Crippen LogP contribution in [-0.4, -0.2) is 59.1 Å². The molecule has 0 fully saturated rings. The van der Waals surface area contributed by atoms with Crippen LogP contribution < -0.4 is 14.8 Å². The largest absolute Gasteiger partial charge is 0.490 e. The number of sulfonamides is 1. The molecule has 3 aromatic carbocycles. The first-order chi connectivity index (χ1) is 17.3. The fourth-order valence-electron chi connectivity index (χ4n) is 3.60. The van der Waals surface area contributed by atoms with E-state index >= 15 is 0 Å². The monoisotopic (exact) mass is 548 g/mol. The fourth-order valence-corrected chi connectivity index (χ4v) is 4.04. The number of benzene rings is 3. The SMILES string of the molecule is COCCOc1cc(-c2ccc(CCNC[C@@H](O)c3ccccc3)cc2)ccc1C(=O)NS(C)(=O)=O.Cl. The van der Waals surface area contributed by atoms with Gasteiger partial charge in [0.25, 0.3) is 5.91 Å². The molecule has 200 valence electrons. The molecular formula is C27H33ClN2O6S. The summed E-state index contributed by atoms with van der Waals surface area (Å²) in [7, 11) is -2.17. The molecule has 0 radical (unpaired) electrons. The van der Waals surface area contributed by atoms with E-state index in [0.29, 0.717) is 13.2 Å². The Balaban J connectivity index is 0.00000481. The van der Waals surface area contributed by atoms with Crippen molar-refractivity contribution in [1.82, 2.24) is 10.0 Å². The van der Waals surface area contributed by atoms with E-state index < -0.39 is 22.0 Å². The summed E-state index contributed by atoms with van der Waals surface area (Å²) in [5.74, 6) is -0.479. The maximum Gasteiger partial charge on any atom is 0.268 e. The summed E-state index contributed by atoms with van der Waals surface area (Å²) >= 11 is 0. The zero-order valence-corrected chi connectivity index (χ0v) is 22.5. The topological polar surface area (TPSA) is 114 Å². The lowest BCUT2D eigenvalue weighted by Gasteiger charge is -2.14. The first kappa shape index (κ1) is 30.3. The number of hydrogen-bond acceptors (Lipinski definition) is 7. The van der Waals surface area contributed by atoms with Gasteiger partial charge in [0.05, 0.1) is 24.5 Å². The number of halogens is 1. The fraction of sp³-hybridized carbons (Fsp3) is 0.296. The van der Waals surface area contributed by atoms with Crippen molar-refractivity contribution in [3.63, 3.8) is 0 Å². The van der Waals surface area contributed by atoms with Gasteiger partial charge in [-0.05, 0) is 47.4 Å². The van der Waals surface area contributed by atoms with E-state index in [-0.39, 0.29) is 30.3 Å². The van der Waals surface area contributed by atoms with Crippen LogP contribution in [0.2, 0.25) is 0 Å². The van der Waals surface area contributed by atoms with Crippen LogP contribution in [0.3, 0.4) is 0 Å². The number of methoxy groups -OCH3 is 1. The van der Waals surface area contributed by atoms with Crippen LogP contribution in [0.4, 0.5) is 0 Å². The normalized spacial score (nSPS) is 11.9. The standard InChI is InChI=1S/C27H32N2O6S.ClH/c1-34-16-17-35-26-18-23(12-13-24(26)27(31)29-36(2,32)33)21-10-8-20(9-11-21)14-15-28-19-25(30)22-6-4-3-5-7-22;/h3-13,18,25,28,30H,14-17,19H2,1-2H3,(H,29,31);1H/t25-;/m1./s1. The third kappa shape index (κ3) is 9.79. The zero-order valence-electron chi connectivity index (χ0n) is 20.8. The van der Waals surface area contributed by atoms with E-state index in [2.05, 4.69) is 5.32 Å². The lowest BCUT2D eigenvalue weighted by molar-refractivity contribution is 0.0973. The minimum Gasteiger partial charge on any atom is -0.490 e. The van der Waals surface area contributed by atoms with E-state index in [1.807, 2.05) is 59.3 Å². The van der Waals surface area contributed by atoms with Crippen LogP contribution in [0.1, 0.15) is 27.6 Å². The molecule has 10 heteroatoms. The maximum atomic E-state index is 12.4. The van der Waals surface area contributed by atoms with Gasteiger partial charge in [0.2, 0.25) is 10.0 Å². The van der Waals surface area contributed by atoms with Gasteiger partial charge in [-0.15, -0.1) is 12.4 Å². The van der Waals surface area contributed by atoms with Gasteiger partial charge in [-0.2, -0.15) is 0 Å². The van der Waals surface area contributed by atoms with Crippen LogP contribution in [0.15, 0.2) is 72.8 Å². The molecule has 0 aliphatic rings. The second-order valence-electron chi connectivity index (χ2n) is 8.33. The van der Waals surface area contributed by atoms with Crippen molar-refractivity contribution in [2.24, 2.45) is 0 Å². The highest BCUT2D eigenvalue weighted by Gasteiger charge is 2.17. The number of rotatable bonds is 13. The minimum absolute atomic E-state index is 0. The molecule has 0 aliphatic carbocycles. The molecule has 0 heterocycles. The first-order valence-electron chi connectivity index (χ1n) is 11.6. The molecular weight excluding hydrogens is 516 g/mol. The first-order valence-corrected chi connectivity index (χ1v) is 13.5. The summed E-state index contributed by atoms with van der Waals surface area (Å²) in [6.45, 7) is 1.74. The third-order valence-corrected chi connectivity index (χ3v) is 6.01. The molecule has 37 heavy (non-hydrogen) atoms. The maximum absolute atomic E-state index is 12.4. The van der Waals surface area contributed by atoms with Crippen LogP contribution in [0.25, 0.3) is 11.1 Å². The summed E-state index contributed by atoms with van der Waals surface area (Å²) in [6.07, 6.45) is 1.18. The molecule has 0 saturated carbocycles. The Labute approximate surface area is 224 Å². The molecule has 3 N–H and O–H groups in total. The number of nitrogens with one attached hydrogen (secondary N) is 2. The molecule has 8 nitrogen and oxygen atoms in total. The molecule has 0 bridgehead atoms. The van der Waals surface area contributed by atoms with Crippen molar-refractivity contribution in [2.75, 3.05) is 39.7 Å². The van der Waals surface area contributed by atoms with Gasteiger partial charge < -0.3 is 19.9 Å². The van der Waals surface area contributed by atoms with Crippen molar-refractivity contribution >= 4 is 28.3 Å². The predicted molar refractivity (Wildman–Crippen MR) is 147 cm³/mol. The highest BCUT2D eigenvalue weighted by Crippen LogP contribution is 2.28. The summed E-state index contributed by atoms with van der Waals surface area (Å²) in [5, 5.41) is 13.5. The molecule has 3 aromatic rings. The van der Waals surface area contributed by atoms with Crippen molar-refractivity contribution in [1.29, 1.82) is 0 Å². The highest BCUT2D eigenvalue weighted by molar-refractivity contribution is 7.89. The molecule has 3 rings (SSSR count). The number of amides is 1. The van der Waals surface area contributed by atoms with E-state index in [4.69, 9.17) is 9.47 Å². The molecule has 0 aliphatic heterocycles. The smallest absolute Gasteiger partial charge is 0.268 e. The van der Waals surface area contributed by atoms with Crippen LogP contribution >= 0.6 is 12.4 Å². The average molecular weight is 549 g/mol. The minimum atomic E-state index is -3.71. The van der Waals surface area contributed by atoms with Crippen LogP contribution in [0.5, 0.6) is 5.75 Å². The number of carbonyl (C=O) groups is 1. The van der Waals surface area contributed by atoms with Crippen LogP contribution in [-0.2, 0) is 21.2 Å². The number of aliphatic hydroxyl groups is 1. The Morgan fingerprint density at radius 1 is 0.973 bits per heavy atom. The van der Waals surface area contributed by atoms with Gasteiger partial charge in [0.1, 0.15) is 12.4 Å². The summed E-state index contributed by atoms with van der Waals surface area (Å²) in [6, 6.07) is 22.6. The number of hydrogen-bond donors (Lipinski definition) is 3. The molecule has 0 aromatic heterocycles. The van der Waals surface area contributed by atoms with Gasteiger partial charge in [-0.3, -0.25) is 4.79 Å². The van der Waals surface area contributed by atoms with Gasteiger partial charge in [0, 0.05) is 13.7 Å². The quantitative estimate of drug-likeness (QED) is 0.281. The van der Waals surface area contributed by atoms with E-state index in [9.17, 15) is 18.3 Å². The lowest BCUT2D eigenvalue weighted by atomic mass is 10.0. The molecule has 1 amide bonds. The van der Waals surface area contributed by atoms with Gasteiger partial charge in [-0.1, -0.05) is 60.7 Å². The lowest BCUT2D eigenvalue weighted by Crippen LogP contribution is -2.29. The Bertz CT molecular complexity index is 1240. The Kier molecular flexibility index (Phi) is 12.0. The highest BCUT2D eigenvalue weighted by atomic mass is 35.5. The van der Waals surface area contributed by atoms with E-state index in [0.717, 1.165) is 41.5 Å². The number of carbonyl (C=O) groups excluding carboxylic acids is 1. The molecule has 0 saturated heterocycles. The molecule has 1 atom stereocenters. The zero-order chi connectivity index (χ0) is 26.0. The number of aliphatic hydroxyl groups excluding tert-OH is 1. The van der Waals surface area contributed by atoms with Crippen molar-refractivity contribution < 1.29 is 27.8 Å². The van der Waals surface area contributed by atoms with Crippen LogP contribution in [0, 0.1) is 0 Å². The Hall–Kier alpha value is -2.95.